The van der Waals surface area contributed by atoms with Crippen LogP contribution in [0.3, 0.4) is 0 Å². The molecule has 20 nitrogen and oxygen atoms in total. The molecule has 2 heterocycles. The second kappa shape index (κ2) is 14.8. The van der Waals surface area contributed by atoms with Crippen molar-refractivity contribution in [3.63, 3.8) is 0 Å². The molecule has 1 saturated heterocycles. The number of esters is 1. The van der Waals surface area contributed by atoms with Crippen molar-refractivity contribution < 1.29 is 75.5 Å². The van der Waals surface area contributed by atoms with Crippen LogP contribution in [-0.2, 0) is 58.1 Å². The van der Waals surface area contributed by atoms with Crippen molar-refractivity contribution in [2.24, 2.45) is 11.7 Å². The zero-order chi connectivity index (χ0) is 35.4. The fourth-order valence-corrected chi connectivity index (χ4v) is 5.79. The van der Waals surface area contributed by atoms with Gasteiger partial charge in [-0.2, -0.15) is 0 Å². The summed E-state index contributed by atoms with van der Waals surface area (Å²) in [4.78, 5) is 60.9. The highest BCUT2D eigenvalue weighted by Gasteiger charge is 2.93. The minimum Gasteiger partial charge on any atom is -0.442 e. The molecule has 3 rings (SSSR count). The number of aromatic nitrogens is 2. The van der Waals surface area contributed by atoms with E-state index in [9.17, 15) is 43.1 Å². The number of nitrogens with two attached hydrogens (primary N) is 1. The maximum absolute atomic E-state index is 14.7. The average Bonchev–Trinajstić information content (AvgIpc) is 3.44. The van der Waals surface area contributed by atoms with Crippen LogP contribution >= 0.6 is 7.82 Å². The van der Waals surface area contributed by atoms with Crippen LogP contribution in [0.25, 0.3) is 0 Å². The first-order chi connectivity index (χ1) is 22.0. The fraction of sp³-hybridized carbons (Fsp3) is 0.720. The lowest BCUT2D eigenvalue weighted by Gasteiger charge is -2.33. The van der Waals surface area contributed by atoms with Crippen LogP contribution < -0.4 is 17.0 Å². The molecule has 1 aliphatic heterocycles. The van der Waals surface area contributed by atoms with Crippen molar-refractivity contribution in [1.29, 1.82) is 0 Å². The van der Waals surface area contributed by atoms with E-state index in [0.717, 1.165) is 19.2 Å². The van der Waals surface area contributed by atoms with Crippen LogP contribution in [-0.4, -0.2) is 100 Å². The molecule has 0 bridgehead atoms. The molecule has 2 aliphatic rings. The maximum atomic E-state index is 14.7. The summed E-state index contributed by atoms with van der Waals surface area (Å²) in [6, 6.07) is -0.208. The van der Waals surface area contributed by atoms with Gasteiger partial charge in [-0.1, -0.05) is 13.8 Å². The normalized spacial score (nSPS) is 27.1. The molecule has 1 aromatic heterocycles. The Kier molecular flexibility index (Phi) is 11.9. The molecule has 0 amide bonds. The number of carbonyl (C=O) groups excluding carboxylic acids is 3. The summed E-state index contributed by atoms with van der Waals surface area (Å²) >= 11 is 0. The number of carbonyl (C=O) groups is 3. The molecule has 22 heteroatoms. The zero-order valence-electron chi connectivity index (χ0n) is 26.0. The van der Waals surface area contributed by atoms with E-state index in [2.05, 4.69) is 18.9 Å². The highest BCUT2D eigenvalue weighted by Crippen LogP contribution is 2.72. The number of phosphoric ester groups is 1. The van der Waals surface area contributed by atoms with Gasteiger partial charge in [0.1, 0.15) is 24.4 Å². The van der Waals surface area contributed by atoms with E-state index in [4.69, 9.17) is 28.8 Å². The standard InChI is InChI=1S/C25H37FN3O17P/c1-6-38-21(33)41-12-43-47(37,44-13-42-22(34)39-7-2)46-18-24(10-26)25(18,36)23(5,35)19(45-24)28-9-8-15(30)29(20(28)32)11-40-17(31)16(27)14(3)4/h8-9,14,16,18-19,35-36H,6-7,10-13,27H2,1-5H3/t16?,18-,19-,23+,24-,25+/m1/s1. The molecule has 47 heavy (non-hydrogen) atoms. The number of fused-ring (bicyclic) bond motifs is 1. The maximum Gasteiger partial charge on any atom is 0.510 e. The summed E-state index contributed by atoms with van der Waals surface area (Å²) in [5.74, 6) is -1.23. The minimum absolute atomic E-state index is 0.0866. The van der Waals surface area contributed by atoms with Gasteiger partial charge in [0.05, 0.1) is 13.2 Å². The lowest BCUT2D eigenvalue weighted by Crippen LogP contribution is -2.52. The number of hydrogen-bond donors (Lipinski definition) is 3. The average molecular weight is 702 g/mol. The van der Waals surface area contributed by atoms with Gasteiger partial charge in [-0.05, 0) is 26.7 Å². The Hall–Kier alpha value is -3.43. The highest BCUT2D eigenvalue weighted by molar-refractivity contribution is 7.48. The monoisotopic (exact) mass is 701 g/mol. The molecule has 0 aromatic carbocycles. The third-order valence-electron chi connectivity index (χ3n) is 7.35. The van der Waals surface area contributed by atoms with Gasteiger partial charge >= 0.3 is 31.8 Å². The van der Waals surface area contributed by atoms with E-state index in [1.807, 2.05) is 0 Å². The number of nitrogens with zero attached hydrogens (tertiary/aromatic N) is 2. The number of ether oxygens (including phenoxy) is 6. The van der Waals surface area contributed by atoms with E-state index in [1.54, 1.807) is 13.8 Å². The first kappa shape index (κ1) is 38.0. The Morgan fingerprint density at radius 1 is 1.04 bits per heavy atom. The van der Waals surface area contributed by atoms with Crippen LogP contribution in [0.2, 0.25) is 0 Å². The van der Waals surface area contributed by atoms with Gasteiger partial charge in [0, 0.05) is 12.3 Å². The van der Waals surface area contributed by atoms with Crippen LogP contribution in [0.5, 0.6) is 0 Å². The van der Waals surface area contributed by atoms with Crippen LogP contribution in [0.1, 0.15) is 40.8 Å². The first-order valence-corrected chi connectivity index (χ1v) is 15.5. The molecule has 4 N–H and O–H groups in total. The largest absolute Gasteiger partial charge is 0.510 e. The highest BCUT2D eigenvalue weighted by atomic mass is 31.2. The van der Waals surface area contributed by atoms with Crippen molar-refractivity contribution >= 4 is 26.1 Å². The van der Waals surface area contributed by atoms with E-state index < -0.39 is 99.5 Å². The molecule has 266 valence electrons. The van der Waals surface area contributed by atoms with E-state index in [-0.39, 0.29) is 19.1 Å². The van der Waals surface area contributed by atoms with Crippen LogP contribution in [0, 0.1) is 5.92 Å². The topological polar surface area (TPSA) is 262 Å². The Labute approximate surface area is 265 Å². The van der Waals surface area contributed by atoms with E-state index >= 15 is 0 Å². The van der Waals surface area contributed by atoms with Crippen molar-refractivity contribution in [3.05, 3.63) is 33.1 Å². The predicted octanol–water partition coefficient (Wildman–Crippen LogP) is 0.0145. The SMILES string of the molecule is CCOC(=O)OCOP(=O)(OCOC(=O)OCC)O[C@H]1[C@]2(O)[C@@](C)(O)[C@H](n3ccc(=O)n(COC(=O)C(N)C(C)C)c3=O)O[C@]12CF. The van der Waals surface area contributed by atoms with Crippen molar-refractivity contribution in [1.82, 2.24) is 9.13 Å². The first-order valence-electron chi connectivity index (χ1n) is 14.1. The molecular formula is C25H37FN3O17P. The smallest absolute Gasteiger partial charge is 0.442 e. The Morgan fingerprint density at radius 3 is 2.06 bits per heavy atom. The number of alkyl halides is 1. The molecule has 1 aliphatic carbocycles. The molecule has 2 fully saturated rings. The van der Waals surface area contributed by atoms with Crippen LogP contribution in [0.4, 0.5) is 14.0 Å². The lowest BCUT2D eigenvalue weighted by atomic mass is 9.94. The van der Waals surface area contributed by atoms with Crippen molar-refractivity contribution in [2.75, 3.05) is 33.5 Å². The summed E-state index contributed by atoms with van der Waals surface area (Å²) in [6.07, 6.45) is -5.56. The Bertz CT molecular complexity index is 1450. The van der Waals surface area contributed by atoms with Gasteiger partial charge in [-0.25, -0.2) is 37.0 Å². The van der Waals surface area contributed by atoms with Gasteiger partial charge in [0.25, 0.3) is 5.56 Å². The molecule has 1 unspecified atom stereocenters. The third kappa shape index (κ3) is 7.36. The van der Waals surface area contributed by atoms with E-state index in [1.165, 1.54) is 13.8 Å². The summed E-state index contributed by atoms with van der Waals surface area (Å²) in [5.41, 5.74) is -4.34. The van der Waals surface area contributed by atoms with Crippen LogP contribution in [0.15, 0.2) is 21.9 Å². The number of aliphatic hydroxyl groups is 2. The Balaban J connectivity index is 1.86. The minimum atomic E-state index is -5.08. The molecule has 0 spiro atoms. The summed E-state index contributed by atoms with van der Waals surface area (Å²) < 4.78 is 73.0. The van der Waals surface area contributed by atoms with Gasteiger partial charge in [-0.15, -0.1) is 0 Å². The van der Waals surface area contributed by atoms with Gasteiger partial charge < -0.3 is 44.4 Å². The Morgan fingerprint density at radius 2 is 1.60 bits per heavy atom. The number of halogens is 1. The zero-order valence-corrected chi connectivity index (χ0v) is 26.9. The molecular weight excluding hydrogens is 664 g/mol. The number of rotatable bonds is 16. The summed E-state index contributed by atoms with van der Waals surface area (Å²) in [7, 11) is -5.08. The second-order valence-electron chi connectivity index (χ2n) is 10.6. The van der Waals surface area contributed by atoms with E-state index in [0.29, 0.717) is 9.13 Å². The quantitative estimate of drug-likeness (QED) is 0.0887. The number of phosphoric acid groups is 1. The molecule has 1 saturated carbocycles. The van der Waals surface area contributed by atoms with Crippen molar-refractivity contribution in [2.45, 2.75) is 76.5 Å². The summed E-state index contributed by atoms with van der Waals surface area (Å²) in [5, 5.41) is 23.0. The van der Waals surface area contributed by atoms with Crippen molar-refractivity contribution in [3.8, 4) is 0 Å². The number of hydrogen-bond acceptors (Lipinski definition) is 18. The van der Waals surface area contributed by atoms with Gasteiger partial charge in [0.2, 0.25) is 13.6 Å². The second-order valence-corrected chi connectivity index (χ2v) is 12.2. The van der Waals surface area contributed by atoms with Gasteiger partial charge in [-0.3, -0.25) is 18.7 Å². The third-order valence-corrected chi connectivity index (χ3v) is 8.66. The predicted molar refractivity (Wildman–Crippen MR) is 149 cm³/mol. The van der Waals surface area contributed by atoms with Gasteiger partial charge in [0.15, 0.2) is 24.2 Å². The lowest BCUT2D eigenvalue weighted by molar-refractivity contribution is -0.169. The fourth-order valence-electron chi connectivity index (χ4n) is 4.65. The molecule has 6 atom stereocenters. The molecule has 1 aromatic rings. The molecule has 0 radical (unpaired) electrons. The summed E-state index contributed by atoms with van der Waals surface area (Å²) in [6.45, 7) is 2.23.